The van der Waals surface area contributed by atoms with E-state index in [2.05, 4.69) is 26.2 Å². The Morgan fingerprint density at radius 1 is 1.45 bits per heavy atom. The molecule has 0 aliphatic carbocycles. The Bertz CT molecular complexity index is 674. The third-order valence-electron chi connectivity index (χ3n) is 2.34. The van der Waals surface area contributed by atoms with Crippen molar-refractivity contribution in [2.75, 3.05) is 0 Å². The summed E-state index contributed by atoms with van der Waals surface area (Å²) in [5.74, 6) is -1.40. The van der Waals surface area contributed by atoms with Crippen LogP contribution in [0.15, 0.2) is 28.1 Å². The number of aromatic nitrogens is 1. The third kappa shape index (κ3) is 3.56. The molecule has 8 heteroatoms. The molecule has 1 amide bonds. The summed E-state index contributed by atoms with van der Waals surface area (Å²) in [6.07, 6.45) is 0. The summed E-state index contributed by atoms with van der Waals surface area (Å²) < 4.78 is 0.629. The molecule has 2 N–H and O–H groups in total. The van der Waals surface area contributed by atoms with E-state index in [9.17, 15) is 9.59 Å². The first kappa shape index (κ1) is 15.0. The fourth-order valence-electron chi connectivity index (χ4n) is 1.41. The van der Waals surface area contributed by atoms with Crippen molar-refractivity contribution in [1.29, 1.82) is 0 Å². The number of carbonyl (C=O) groups is 2. The first-order chi connectivity index (χ1) is 9.47. The number of halogens is 2. The van der Waals surface area contributed by atoms with E-state index in [0.717, 1.165) is 0 Å². The van der Waals surface area contributed by atoms with Crippen LogP contribution in [0.25, 0.3) is 0 Å². The van der Waals surface area contributed by atoms with Gasteiger partial charge in [-0.05, 0) is 34.1 Å². The first-order valence-electron chi connectivity index (χ1n) is 5.38. The van der Waals surface area contributed by atoms with Crippen LogP contribution in [0.2, 0.25) is 5.02 Å². The molecule has 0 atom stereocenters. The van der Waals surface area contributed by atoms with E-state index in [4.69, 9.17) is 16.7 Å². The van der Waals surface area contributed by atoms with Gasteiger partial charge < -0.3 is 10.4 Å². The summed E-state index contributed by atoms with van der Waals surface area (Å²) in [4.78, 5) is 26.6. The topological polar surface area (TPSA) is 79.3 Å². The molecular formula is C12H8BrClN2O3S. The van der Waals surface area contributed by atoms with E-state index >= 15 is 0 Å². The zero-order valence-corrected chi connectivity index (χ0v) is 13.1. The van der Waals surface area contributed by atoms with Gasteiger partial charge in [-0.1, -0.05) is 11.6 Å². The summed E-state index contributed by atoms with van der Waals surface area (Å²) in [7, 11) is 0. The van der Waals surface area contributed by atoms with E-state index in [-0.39, 0.29) is 18.1 Å². The maximum atomic E-state index is 12.0. The Hall–Kier alpha value is -1.44. The molecule has 0 saturated carbocycles. The van der Waals surface area contributed by atoms with E-state index in [0.29, 0.717) is 20.1 Å². The number of hydrogen-bond acceptors (Lipinski definition) is 4. The molecule has 0 saturated heterocycles. The van der Waals surface area contributed by atoms with Crippen molar-refractivity contribution in [2.45, 2.75) is 6.54 Å². The van der Waals surface area contributed by atoms with Gasteiger partial charge in [0.05, 0.1) is 12.1 Å². The number of amides is 1. The number of rotatable bonds is 4. The highest BCUT2D eigenvalue weighted by Crippen LogP contribution is 2.21. The lowest BCUT2D eigenvalue weighted by Gasteiger charge is -2.05. The van der Waals surface area contributed by atoms with Crippen LogP contribution in [-0.2, 0) is 6.54 Å². The minimum absolute atomic E-state index is 0.0248. The Morgan fingerprint density at radius 2 is 2.20 bits per heavy atom. The molecule has 20 heavy (non-hydrogen) atoms. The highest BCUT2D eigenvalue weighted by Gasteiger charge is 2.12. The number of hydrogen-bond donors (Lipinski definition) is 2. The van der Waals surface area contributed by atoms with Gasteiger partial charge in [-0.15, -0.1) is 11.3 Å². The number of thiazole rings is 1. The first-order valence-corrected chi connectivity index (χ1v) is 7.43. The van der Waals surface area contributed by atoms with Crippen LogP contribution in [-0.4, -0.2) is 22.0 Å². The molecule has 0 bridgehead atoms. The highest BCUT2D eigenvalue weighted by atomic mass is 79.9. The van der Waals surface area contributed by atoms with Crippen molar-refractivity contribution >= 4 is 50.7 Å². The van der Waals surface area contributed by atoms with Crippen LogP contribution >= 0.6 is 38.9 Å². The average Bonchev–Trinajstić information content (AvgIpc) is 2.88. The normalized spacial score (nSPS) is 10.3. The minimum atomic E-state index is -1.09. The molecule has 104 valence electrons. The monoisotopic (exact) mass is 374 g/mol. The van der Waals surface area contributed by atoms with Gasteiger partial charge in [0.2, 0.25) is 0 Å². The lowest BCUT2D eigenvalue weighted by Crippen LogP contribution is -2.23. The van der Waals surface area contributed by atoms with Crippen molar-refractivity contribution in [2.24, 2.45) is 0 Å². The Labute approximate surface area is 131 Å². The second-order valence-corrected chi connectivity index (χ2v) is 5.97. The fraction of sp³-hybridized carbons (Fsp3) is 0.0833. The second kappa shape index (κ2) is 6.34. The van der Waals surface area contributed by atoms with E-state index in [1.54, 1.807) is 18.2 Å². The molecule has 0 aliphatic heterocycles. The molecule has 1 aromatic carbocycles. The quantitative estimate of drug-likeness (QED) is 0.860. The molecule has 0 radical (unpaired) electrons. The van der Waals surface area contributed by atoms with Crippen molar-refractivity contribution in [3.8, 4) is 0 Å². The second-order valence-electron chi connectivity index (χ2n) is 3.74. The van der Waals surface area contributed by atoms with Gasteiger partial charge in [0, 0.05) is 14.9 Å². The maximum Gasteiger partial charge on any atom is 0.355 e. The SMILES string of the molecule is O=C(O)c1csc(CNC(=O)c2cc(Cl)ccc2Br)n1. The molecule has 2 aromatic rings. The maximum absolute atomic E-state index is 12.0. The number of aromatic carboxylic acids is 1. The van der Waals surface area contributed by atoms with E-state index < -0.39 is 5.97 Å². The summed E-state index contributed by atoms with van der Waals surface area (Å²) in [6.45, 7) is 0.162. The van der Waals surface area contributed by atoms with Crippen LogP contribution in [0, 0.1) is 0 Å². The molecular weight excluding hydrogens is 368 g/mol. The number of benzene rings is 1. The Balaban J connectivity index is 2.04. The van der Waals surface area contributed by atoms with Crippen LogP contribution in [0.4, 0.5) is 0 Å². The van der Waals surface area contributed by atoms with Crippen molar-refractivity contribution in [1.82, 2.24) is 10.3 Å². The molecule has 1 aromatic heterocycles. The minimum Gasteiger partial charge on any atom is -0.476 e. The average molecular weight is 376 g/mol. The predicted molar refractivity (Wildman–Crippen MR) is 79.4 cm³/mol. The fourth-order valence-corrected chi connectivity index (χ4v) is 2.72. The summed E-state index contributed by atoms with van der Waals surface area (Å²) in [6, 6.07) is 4.90. The van der Waals surface area contributed by atoms with Crippen LogP contribution < -0.4 is 5.32 Å². The van der Waals surface area contributed by atoms with Crippen LogP contribution in [0.3, 0.4) is 0 Å². The molecule has 0 fully saturated rings. The Kier molecular flexibility index (Phi) is 4.74. The van der Waals surface area contributed by atoms with Crippen molar-refractivity contribution in [3.63, 3.8) is 0 Å². The summed E-state index contributed by atoms with van der Waals surface area (Å²) in [5.41, 5.74) is 0.385. The number of nitrogens with zero attached hydrogens (tertiary/aromatic N) is 1. The number of carbonyl (C=O) groups excluding carboxylic acids is 1. The standard InChI is InChI=1S/C12H8BrClN2O3S/c13-8-2-1-6(14)3-7(8)11(17)15-4-10-16-9(5-20-10)12(18)19/h1-3,5H,4H2,(H,15,17)(H,18,19). The molecule has 0 unspecified atom stereocenters. The number of carboxylic acids is 1. The summed E-state index contributed by atoms with van der Waals surface area (Å²) >= 11 is 10.3. The van der Waals surface area contributed by atoms with Gasteiger partial charge >= 0.3 is 5.97 Å². The molecule has 0 aliphatic rings. The molecule has 2 rings (SSSR count). The lowest BCUT2D eigenvalue weighted by atomic mass is 10.2. The number of nitrogens with one attached hydrogen (secondary N) is 1. The summed E-state index contributed by atoms with van der Waals surface area (Å²) in [5, 5.41) is 13.8. The van der Waals surface area contributed by atoms with Gasteiger partial charge in [0.15, 0.2) is 5.69 Å². The molecule has 5 nitrogen and oxygen atoms in total. The molecule has 0 spiro atoms. The van der Waals surface area contributed by atoms with E-state index in [1.165, 1.54) is 16.7 Å². The van der Waals surface area contributed by atoms with Crippen molar-refractivity contribution in [3.05, 3.63) is 49.3 Å². The number of carboxylic acid groups (broad SMARTS) is 1. The van der Waals surface area contributed by atoms with Crippen LogP contribution in [0.1, 0.15) is 25.9 Å². The molecule has 1 heterocycles. The van der Waals surface area contributed by atoms with Gasteiger partial charge in [-0.25, -0.2) is 9.78 Å². The lowest BCUT2D eigenvalue weighted by molar-refractivity contribution is 0.0691. The highest BCUT2D eigenvalue weighted by molar-refractivity contribution is 9.10. The van der Waals surface area contributed by atoms with Gasteiger partial charge in [0.25, 0.3) is 5.91 Å². The predicted octanol–water partition coefficient (Wildman–Crippen LogP) is 3.19. The van der Waals surface area contributed by atoms with Crippen molar-refractivity contribution < 1.29 is 14.7 Å². The smallest absolute Gasteiger partial charge is 0.355 e. The largest absolute Gasteiger partial charge is 0.476 e. The van der Waals surface area contributed by atoms with Gasteiger partial charge in [-0.2, -0.15) is 0 Å². The zero-order valence-electron chi connectivity index (χ0n) is 9.89. The Morgan fingerprint density at radius 3 is 2.85 bits per heavy atom. The van der Waals surface area contributed by atoms with Gasteiger partial charge in [-0.3, -0.25) is 4.79 Å². The zero-order chi connectivity index (χ0) is 14.7. The van der Waals surface area contributed by atoms with Crippen LogP contribution in [0.5, 0.6) is 0 Å². The van der Waals surface area contributed by atoms with E-state index in [1.807, 2.05) is 0 Å². The van der Waals surface area contributed by atoms with Gasteiger partial charge in [0.1, 0.15) is 5.01 Å². The third-order valence-corrected chi connectivity index (χ3v) is 4.12.